The van der Waals surface area contributed by atoms with Crippen molar-refractivity contribution in [2.75, 3.05) is 0 Å². The highest BCUT2D eigenvalue weighted by atomic mass is 35.5. The van der Waals surface area contributed by atoms with E-state index >= 15 is 0 Å². The Morgan fingerprint density at radius 1 is 1.08 bits per heavy atom. The number of nitrogens with two attached hydrogens (primary N) is 1. The van der Waals surface area contributed by atoms with E-state index in [-0.39, 0.29) is 23.9 Å². The smallest absolute Gasteiger partial charge is 0.382 e. The van der Waals surface area contributed by atoms with Crippen LogP contribution in [0.4, 0.5) is 17.6 Å². The largest absolute Gasteiger partial charge is 0.416 e. The van der Waals surface area contributed by atoms with Gasteiger partial charge in [0.2, 0.25) is 0 Å². The summed E-state index contributed by atoms with van der Waals surface area (Å²) in [4.78, 5) is 17.7. The van der Waals surface area contributed by atoms with E-state index in [1.807, 2.05) is 13.8 Å². The Bertz CT molecular complexity index is 1500. The van der Waals surface area contributed by atoms with Gasteiger partial charge in [-0.25, -0.2) is 23.5 Å². The second kappa shape index (κ2) is 10.9. The van der Waals surface area contributed by atoms with Gasteiger partial charge in [-0.15, -0.1) is 10.2 Å². The van der Waals surface area contributed by atoms with E-state index in [9.17, 15) is 27.5 Å². The zero-order chi connectivity index (χ0) is 28.5. The summed E-state index contributed by atoms with van der Waals surface area (Å²) in [5.41, 5.74) is 5.08. The maximum absolute atomic E-state index is 14.6. The maximum atomic E-state index is 14.6. The van der Waals surface area contributed by atoms with Crippen LogP contribution in [-0.2, 0) is 19.5 Å². The van der Waals surface area contributed by atoms with Crippen LogP contribution in [0.15, 0.2) is 53.3 Å². The summed E-state index contributed by atoms with van der Waals surface area (Å²) in [6.45, 7) is 2.26. The zero-order valence-electron chi connectivity index (χ0n) is 21.0. The molecule has 0 saturated heterocycles. The van der Waals surface area contributed by atoms with Crippen LogP contribution in [0.1, 0.15) is 31.9 Å². The van der Waals surface area contributed by atoms with E-state index in [1.165, 1.54) is 47.1 Å². The summed E-state index contributed by atoms with van der Waals surface area (Å²) in [5, 5.41) is 18.6. The van der Waals surface area contributed by atoms with E-state index in [0.717, 1.165) is 9.25 Å². The van der Waals surface area contributed by atoms with Crippen LogP contribution < -0.4 is 11.4 Å². The minimum Gasteiger partial charge on any atom is -0.382 e. The van der Waals surface area contributed by atoms with Crippen molar-refractivity contribution in [2.24, 2.45) is 5.73 Å². The Hall–Kier alpha value is -3.55. The maximum Gasteiger partial charge on any atom is 0.416 e. The number of para-hydroxylation sites is 1. The molecule has 0 bridgehead atoms. The molecule has 2 aromatic heterocycles. The molecule has 4 aromatic rings. The van der Waals surface area contributed by atoms with Crippen molar-refractivity contribution in [3.8, 4) is 17.1 Å². The molecule has 0 amide bonds. The highest BCUT2D eigenvalue weighted by Crippen LogP contribution is 2.24. The van der Waals surface area contributed by atoms with Crippen LogP contribution in [0.5, 0.6) is 0 Å². The molecule has 2 aromatic carbocycles. The molecule has 0 aliphatic rings. The van der Waals surface area contributed by atoms with Gasteiger partial charge >= 0.3 is 11.9 Å². The second-order valence-electron chi connectivity index (χ2n) is 9.73. The van der Waals surface area contributed by atoms with E-state index in [4.69, 9.17) is 17.3 Å². The van der Waals surface area contributed by atoms with Gasteiger partial charge in [-0.1, -0.05) is 23.7 Å². The predicted octanol–water partition coefficient (Wildman–Crippen LogP) is 3.73. The number of aliphatic hydroxyl groups excluding tert-OH is 1. The van der Waals surface area contributed by atoms with Gasteiger partial charge in [0.05, 0.1) is 6.54 Å². The third-order valence-electron chi connectivity index (χ3n) is 5.84. The standard InChI is InChI=1S/C25H26ClF4N7O2/c1-24(2,31)12-11-21-32-20(33-37(21)18-6-4-3-5-17(18)27)14-36-23(39)35(13-19(38)25(28,29)30)22(34-36)15-7-9-16(26)10-8-15/h3-10,19,38H,11-14,31H2,1-2H3/t19-/m0/s1. The molecule has 39 heavy (non-hydrogen) atoms. The second-order valence-corrected chi connectivity index (χ2v) is 10.2. The Morgan fingerprint density at radius 2 is 1.74 bits per heavy atom. The lowest BCUT2D eigenvalue weighted by molar-refractivity contribution is -0.207. The highest BCUT2D eigenvalue weighted by molar-refractivity contribution is 6.30. The minimum atomic E-state index is -4.95. The number of aromatic nitrogens is 6. The van der Waals surface area contributed by atoms with Gasteiger partial charge in [0.25, 0.3) is 0 Å². The van der Waals surface area contributed by atoms with E-state index in [2.05, 4.69) is 15.2 Å². The zero-order valence-corrected chi connectivity index (χ0v) is 21.8. The average Bonchev–Trinajstić information content (AvgIpc) is 3.39. The third kappa shape index (κ3) is 6.72. The summed E-state index contributed by atoms with van der Waals surface area (Å²) in [5.74, 6) is -0.200. The molecule has 0 aliphatic heterocycles. The molecule has 0 unspecified atom stereocenters. The fraction of sp³-hybridized carbons (Fsp3) is 0.360. The van der Waals surface area contributed by atoms with Crippen LogP contribution in [0.25, 0.3) is 17.1 Å². The SMILES string of the molecule is CC(C)(N)CCc1nc(Cn2nc(-c3ccc(Cl)cc3)n(C[C@H](O)C(F)(F)F)c2=O)nn1-c1ccccc1F. The van der Waals surface area contributed by atoms with Crippen LogP contribution in [-0.4, -0.2) is 52.0 Å². The van der Waals surface area contributed by atoms with Crippen molar-refractivity contribution >= 4 is 11.6 Å². The first-order valence-electron chi connectivity index (χ1n) is 11.9. The lowest BCUT2D eigenvalue weighted by Crippen LogP contribution is -2.37. The number of hydrogen-bond acceptors (Lipinski definition) is 6. The fourth-order valence-electron chi connectivity index (χ4n) is 3.80. The number of alkyl halides is 3. The molecule has 2 heterocycles. The Labute approximate surface area is 225 Å². The first kappa shape index (κ1) is 28.5. The number of aryl methyl sites for hydroxylation is 1. The quantitative estimate of drug-likeness (QED) is 0.298. The molecule has 9 nitrogen and oxygen atoms in total. The lowest BCUT2D eigenvalue weighted by Gasteiger charge is -2.17. The fourth-order valence-corrected chi connectivity index (χ4v) is 3.93. The van der Waals surface area contributed by atoms with Crippen molar-refractivity contribution in [3.63, 3.8) is 0 Å². The molecule has 0 saturated carbocycles. The van der Waals surface area contributed by atoms with Crippen molar-refractivity contribution in [1.82, 2.24) is 29.1 Å². The number of aliphatic hydroxyl groups is 1. The van der Waals surface area contributed by atoms with Gasteiger partial charge in [-0.2, -0.15) is 13.2 Å². The monoisotopic (exact) mass is 567 g/mol. The molecule has 1 atom stereocenters. The van der Waals surface area contributed by atoms with E-state index in [0.29, 0.717) is 29.3 Å². The molecule has 0 aliphatic carbocycles. The summed E-state index contributed by atoms with van der Waals surface area (Å²) in [7, 11) is 0. The number of halogens is 5. The van der Waals surface area contributed by atoms with Gasteiger partial charge in [0.15, 0.2) is 17.8 Å². The van der Waals surface area contributed by atoms with Crippen molar-refractivity contribution in [1.29, 1.82) is 0 Å². The topological polar surface area (TPSA) is 117 Å². The molecule has 0 radical (unpaired) electrons. The Balaban J connectivity index is 1.76. The Kier molecular flexibility index (Phi) is 7.96. The molecule has 208 valence electrons. The Morgan fingerprint density at radius 3 is 2.36 bits per heavy atom. The van der Waals surface area contributed by atoms with Crippen LogP contribution in [0.3, 0.4) is 0 Å². The highest BCUT2D eigenvalue weighted by Gasteiger charge is 2.39. The van der Waals surface area contributed by atoms with Crippen molar-refractivity contribution in [3.05, 3.63) is 81.5 Å². The first-order valence-corrected chi connectivity index (χ1v) is 12.3. The summed E-state index contributed by atoms with van der Waals surface area (Å²) >= 11 is 5.92. The van der Waals surface area contributed by atoms with Gasteiger partial charge in [-0.05, 0) is 56.7 Å². The lowest BCUT2D eigenvalue weighted by atomic mass is 10.00. The van der Waals surface area contributed by atoms with Gasteiger partial charge in [0, 0.05) is 22.5 Å². The van der Waals surface area contributed by atoms with E-state index in [1.54, 1.807) is 6.07 Å². The molecule has 3 N–H and O–H groups in total. The average molecular weight is 568 g/mol. The predicted molar refractivity (Wildman–Crippen MR) is 136 cm³/mol. The van der Waals surface area contributed by atoms with Crippen LogP contribution >= 0.6 is 11.6 Å². The number of benzene rings is 2. The van der Waals surface area contributed by atoms with Gasteiger partial charge in [0.1, 0.15) is 23.9 Å². The number of nitrogens with zero attached hydrogens (tertiary/aromatic N) is 6. The van der Waals surface area contributed by atoms with Gasteiger partial charge < -0.3 is 10.8 Å². The van der Waals surface area contributed by atoms with E-state index < -0.39 is 35.9 Å². The molecule has 4 rings (SSSR count). The molecule has 14 heteroatoms. The van der Waals surface area contributed by atoms with Crippen molar-refractivity contribution < 1.29 is 22.7 Å². The third-order valence-corrected chi connectivity index (χ3v) is 6.09. The van der Waals surface area contributed by atoms with Gasteiger partial charge in [-0.3, -0.25) is 4.57 Å². The molecular formula is C25H26ClF4N7O2. The molecule has 0 fully saturated rings. The number of rotatable bonds is 9. The molecular weight excluding hydrogens is 542 g/mol. The van der Waals surface area contributed by atoms with Crippen LogP contribution in [0.2, 0.25) is 5.02 Å². The van der Waals surface area contributed by atoms with Crippen LogP contribution in [0, 0.1) is 5.82 Å². The number of hydrogen-bond donors (Lipinski definition) is 2. The summed E-state index contributed by atoms with van der Waals surface area (Å²) in [6.07, 6.45) is -6.93. The molecule has 0 spiro atoms. The van der Waals surface area contributed by atoms with Crippen molar-refractivity contribution in [2.45, 2.75) is 57.6 Å². The summed E-state index contributed by atoms with van der Waals surface area (Å²) in [6, 6.07) is 11.9. The normalized spacial score (nSPS) is 13.2. The first-order chi connectivity index (χ1) is 18.2. The summed E-state index contributed by atoms with van der Waals surface area (Å²) < 4.78 is 56.9. The minimum absolute atomic E-state index is 0.0776.